The van der Waals surface area contributed by atoms with Crippen LogP contribution in [-0.2, 0) is 6.61 Å². The van der Waals surface area contributed by atoms with Gasteiger partial charge in [-0.1, -0.05) is 24.2 Å². The van der Waals surface area contributed by atoms with E-state index in [2.05, 4.69) is 5.16 Å². The van der Waals surface area contributed by atoms with E-state index >= 15 is 0 Å². The van der Waals surface area contributed by atoms with Crippen molar-refractivity contribution in [3.05, 3.63) is 29.8 Å². The molecule has 0 amide bonds. The molecule has 1 aromatic rings. The molecule has 94 valence electrons. The van der Waals surface area contributed by atoms with Crippen LogP contribution in [0.3, 0.4) is 0 Å². The van der Waals surface area contributed by atoms with Crippen LogP contribution in [0.15, 0.2) is 29.4 Å². The average Bonchev–Trinajstić information content (AvgIpc) is 2.37. The summed E-state index contributed by atoms with van der Waals surface area (Å²) in [4.78, 5) is 0. The van der Waals surface area contributed by atoms with Crippen LogP contribution in [-0.4, -0.2) is 22.3 Å². The third-order valence-corrected chi connectivity index (χ3v) is 2.40. The minimum Gasteiger partial charge on any atom is -0.490 e. The Kier molecular flexibility index (Phi) is 5.29. The fourth-order valence-electron chi connectivity index (χ4n) is 1.45. The quantitative estimate of drug-likeness (QED) is 0.303. The van der Waals surface area contributed by atoms with Gasteiger partial charge in [0.05, 0.1) is 6.61 Å². The van der Waals surface area contributed by atoms with Crippen LogP contribution in [0.4, 0.5) is 0 Å². The molecule has 0 spiro atoms. The van der Waals surface area contributed by atoms with Crippen molar-refractivity contribution in [3.63, 3.8) is 0 Å². The lowest BCUT2D eigenvalue weighted by Gasteiger charge is -2.17. The molecule has 1 rings (SSSR count). The second kappa shape index (κ2) is 6.75. The highest BCUT2D eigenvalue weighted by Gasteiger charge is 2.11. The van der Waals surface area contributed by atoms with E-state index in [-0.39, 0.29) is 18.5 Å². The Morgan fingerprint density at radius 3 is 2.88 bits per heavy atom. The molecule has 1 aromatic carbocycles. The van der Waals surface area contributed by atoms with Gasteiger partial charge in [0.25, 0.3) is 0 Å². The van der Waals surface area contributed by atoms with Gasteiger partial charge in [0, 0.05) is 6.42 Å². The number of ether oxygens (including phenoxy) is 1. The molecule has 0 heterocycles. The van der Waals surface area contributed by atoms with Crippen LogP contribution >= 0.6 is 0 Å². The van der Waals surface area contributed by atoms with Crippen LogP contribution in [0, 0.1) is 0 Å². The monoisotopic (exact) mass is 238 g/mol. The number of aliphatic hydroxyl groups excluding tert-OH is 1. The van der Waals surface area contributed by atoms with Gasteiger partial charge in [0.2, 0.25) is 0 Å². The number of oxime groups is 1. The van der Waals surface area contributed by atoms with E-state index in [4.69, 9.17) is 20.8 Å². The lowest BCUT2D eigenvalue weighted by Crippen LogP contribution is -2.24. The van der Waals surface area contributed by atoms with Gasteiger partial charge in [-0.3, -0.25) is 0 Å². The zero-order valence-electron chi connectivity index (χ0n) is 9.84. The van der Waals surface area contributed by atoms with E-state index < -0.39 is 0 Å². The molecular weight excluding hydrogens is 220 g/mol. The van der Waals surface area contributed by atoms with Gasteiger partial charge in [-0.2, -0.15) is 0 Å². The third-order valence-electron chi connectivity index (χ3n) is 2.40. The number of nitrogens with zero attached hydrogens (tertiary/aromatic N) is 1. The zero-order valence-corrected chi connectivity index (χ0v) is 9.84. The molecule has 0 saturated heterocycles. The van der Waals surface area contributed by atoms with E-state index in [1.54, 1.807) is 6.07 Å². The molecule has 17 heavy (non-hydrogen) atoms. The Hall–Kier alpha value is -1.75. The molecule has 0 saturated carbocycles. The molecule has 4 N–H and O–H groups in total. The summed E-state index contributed by atoms with van der Waals surface area (Å²) in [6, 6.07) is 7.22. The van der Waals surface area contributed by atoms with Gasteiger partial charge in [-0.15, -0.1) is 0 Å². The van der Waals surface area contributed by atoms with Gasteiger partial charge < -0.3 is 20.8 Å². The molecule has 0 radical (unpaired) electrons. The normalized spacial score (nSPS) is 13.4. The number of aliphatic hydroxyl groups is 1. The topological polar surface area (TPSA) is 88.1 Å². The van der Waals surface area contributed by atoms with Crippen molar-refractivity contribution in [1.29, 1.82) is 0 Å². The Bertz CT molecular complexity index is 380. The maximum atomic E-state index is 9.01. The second-order valence-corrected chi connectivity index (χ2v) is 3.75. The van der Waals surface area contributed by atoms with E-state index in [1.807, 2.05) is 25.1 Å². The number of rotatable bonds is 6. The maximum absolute atomic E-state index is 9.01. The summed E-state index contributed by atoms with van der Waals surface area (Å²) in [5, 5.41) is 20.4. The van der Waals surface area contributed by atoms with Gasteiger partial charge in [0.1, 0.15) is 17.7 Å². The highest BCUT2D eigenvalue weighted by atomic mass is 16.5. The number of amidine groups is 1. The fourth-order valence-corrected chi connectivity index (χ4v) is 1.45. The first-order valence-electron chi connectivity index (χ1n) is 5.52. The molecular formula is C12H18N2O3. The predicted molar refractivity (Wildman–Crippen MR) is 65.1 cm³/mol. The van der Waals surface area contributed by atoms with Crippen molar-refractivity contribution in [2.45, 2.75) is 32.5 Å². The minimum atomic E-state index is -0.139. The van der Waals surface area contributed by atoms with E-state index in [0.717, 1.165) is 12.0 Å². The van der Waals surface area contributed by atoms with Crippen LogP contribution in [0.2, 0.25) is 0 Å². The first-order valence-corrected chi connectivity index (χ1v) is 5.52. The standard InChI is InChI=1S/C12H18N2O3/c1-2-10(7-12(13)14-16)17-11-5-3-4-9(6-11)8-15/h3-6,10,15-16H,2,7-8H2,1H3,(H2,13,14). The molecule has 0 aliphatic heterocycles. The van der Waals surface area contributed by atoms with E-state index in [1.165, 1.54) is 0 Å². The SMILES string of the molecule is CCC(CC(N)=NO)Oc1cccc(CO)c1. The van der Waals surface area contributed by atoms with Crippen molar-refractivity contribution in [3.8, 4) is 5.75 Å². The first-order chi connectivity index (χ1) is 8.19. The summed E-state index contributed by atoms with van der Waals surface area (Å²) in [6.07, 6.45) is 0.982. The largest absolute Gasteiger partial charge is 0.490 e. The molecule has 0 aromatic heterocycles. The number of hydrogen-bond acceptors (Lipinski definition) is 4. The summed E-state index contributed by atoms with van der Waals surface area (Å²) in [5.74, 6) is 0.823. The van der Waals surface area contributed by atoms with Crippen LogP contribution < -0.4 is 10.5 Å². The second-order valence-electron chi connectivity index (χ2n) is 3.75. The summed E-state index contributed by atoms with van der Waals surface area (Å²) in [6.45, 7) is 1.94. The van der Waals surface area contributed by atoms with Crippen molar-refractivity contribution >= 4 is 5.84 Å². The highest BCUT2D eigenvalue weighted by molar-refractivity contribution is 5.80. The van der Waals surface area contributed by atoms with Gasteiger partial charge >= 0.3 is 0 Å². The molecule has 0 aliphatic carbocycles. The first kappa shape index (κ1) is 13.3. The summed E-state index contributed by atoms with van der Waals surface area (Å²) < 4.78 is 5.70. The number of benzene rings is 1. The minimum absolute atomic E-state index is 0.0196. The fraction of sp³-hybridized carbons (Fsp3) is 0.417. The predicted octanol–water partition coefficient (Wildman–Crippen LogP) is 1.47. The Balaban J connectivity index is 2.66. The molecule has 0 aliphatic rings. The van der Waals surface area contributed by atoms with Crippen LogP contribution in [0.5, 0.6) is 5.75 Å². The van der Waals surface area contributed by atoms with E-state index in [9.17, 15) is 0 Å². The van der Waals surface area contributed by atoms with Crippen molar-refractivity contribution in [2.24, 2.45) is 10.9 Å². The zero-order chi connectivity index (χ0) is 12.7. The van der Waals surface area contributed by atoms with E-state index in [0.29, 0.717) is 12.2 Å². The van der Waals surface area contributed by atoms with Gasteiger partial charge in [-0.05, 0) is 24.1 Å². The Labute approximate surface area is 101 Å². The lowest BCUT2D eigenvalue weighted by atomic mass is 10.2. The lowest BCUT2D eigenvalue weighted by molar-refractivity contribution is 0.201. The molecule has 1 atom stereocenters. The number of nitrogens with two attached hydrogens (primary N) is 1. The van der Waals surface area contributed by atoms with Crippen molar-refractivity contribution in [2.75, 3.05) is 0 Å². The Morgan fingerprint density at radius 1 is 1.53 bits per heavy atom. The maximum Gasteiger partial charge on any atom is 0.142 e. The molecule has 5 heteroatoms. The van der Waals surface area contributed by atoms with Gasteiger partial charge in [0.15, 0.2) is 0 Å². The third kappa shape index (κ3) is 4.32. The smallest absolute Gasteiger partial charge is 0.142 e. The molecule has 0 bridgehead atoms. The highest BCUT2D eigenvalue weighted by Crippen LogP contribution is 2.17. The van der Waals surface area contributed by atoms with Crippen molar-refractivity contribution < 1.29 is 15.1 Å². The summed E-state index contributed by atoms with van der Waals surface area (Å²) in [7, 11) is 0. The van der Waals surface area contributed by atoms with Gasteiger partial charge in [-0.25, -0.2) is 0 Å². The van der Waals surface area contributed by atoms with Crippen LogP contribution in [0.1, 0.15) is 25.3 Å². The van der Waals surface area contributed by atoms with Crippen molar-refractivity contribution in [1.82, 2.24) is 0 Å². The number of hydrogen-bond donors (Lipinski definition) is 3. The molecule has 0 fully saturated rings. The van der Waals surface area contributed by atoms with Crippen LogP contribution in [0.25, 0.3) is 0 Å². The average molecular weight is 238 g/mol. The molecule has 5 nitrogen and oxygen atoms in total. The molecule has 1 unspecified atom stereocenters. The summed E-state index contributed by atoms with van der Waals surface area (Å²) >= 11 is 0. The summed E-state index contributed by atoms with van der Waals surface area (Å²) in [5.41, 5.74) is 6.23. The Morgan fingerprint density at radius 2 is 2.29 bits per heavy atom.